The monoisotopic (exact) mass is 238 g/mol. The summed E-state index contributed by atoms with van der Waals surface area (Å²) in [4.78, 5) is 10.7. The third-order valence-corrected chi connectivity index (χ3v) is 3.47. The van der Waals surface area contributed by atoms with Crippen LogP contribution < -0.4 is 4.74 Å². The van der Waals surface area contributed by atoms with Gasteiger partial charge in [-0.2, -0.15) is 0 Å². The summed E-state index contributed by atoms with van der Waals surface area (Å²) in [5.74, 6) is 0.289. The molecule has 0 amide bonds. The Balaban J connectivity index is 2.68. The minimum atomic E-state index is -0.295. The zero-order chi connectivity index (χ0) is 12.2. The van der Waals surface area contributed by atoms with Gasteiger partial charge in [-0.05, 0) is 38.0 Å². The van der Waals surface area contributed by atoms with Gasteiger partial charge in [-0.25, -0.2) is 0 Å². The lowest BCUT2D eigenvalue weighted by molar-refractivity contribution is -0.131. The molecule has 0 saturated carbocycles. The third-order valence-electron chi connectivity index (χ3n) is 2.37. The van der Waals surface area contributed by atoms with Gasteiger partial charge in [0.15, 0.2) is 0 Å². The van der Waals surface area contributed by atoms with Crippen molar-refractivity contribution >= 4 is 16.5 Å². The summed E-state index contributed by atoms with van der Waals surface area (Å²) >= 11 is 0. The van der Waals surface area contributed by atoms with Crippen molar-refractivity contribution in [2.24, 2.45) is 0 Å². The summed E-state index contributed by atoms with van der Waals surface area (Å²) in [7, 11) is 0.735. The summed E-state index contributed by atoms with van der Waals surface area (Å²) in [5.41, 5.74) is 1.06. The van der Waals surface area contributed by atoms with Crippen LogP contribution in [-0.2, 0) is 15.6 Å². The predicted octanol–water partition coefficient (Wildman–Crippen LogP) is 1.23. The van der Waals surface area contributed by atoms with Crippen molar-refractivity contribution in [2.45, 2.75) is 32.8 Å². The Bertz CT molecular complexity index is 357. The van der Waals surface area contributed by atoms with Crippen LogP contribution in [-0.4, -0.2) is 22.1 Å². The lowest BCUT2D eigenvalue weighted by Crippen LogP contribution is -2.26. The van der Waals surface area contributed by atoms with Crippen LogP contribution in [0.1, 0.15) is 26.3 Å². The fraction of sp³-hybridized carbons (Fsp3) is 0.417. The van der Waals surface area contributed by atoms with Crippen molar-refractivity contribution in [1.29, 1.82) is 0 Å². The number of hydrogen-bond acceptors (Lipinski definition) is 3. The first kappa shape index (κ1) is 12.9. The lowest BCUT2D eigenvalue weighted by Gasteiger charge is -2.23. The average Bonchev–Trinajstić information content (AvgIpc) is 2.20. The fourth-order valence-corrected chi connectivity index (χ4v) is 1.55. The van der Waals surface area contributed by atoms with E-state index in [-0.39, 0.29) is 11.6 Å². The molecule has 4 heteroatoms. The molecule has 0 aromatic heterocycles. The van der Waals surface area contributed by atoms with Crippen LogP contribution in [0, 0.1) is 0 Å². The van der Waals surface area contributed by atoms with Crippen LogP contribution >= 0.6 is 0 Å². The highest BCUT2D eigenvalue weighted by atomic mass is 28.2. The standard InChI is InChI=1S/C12H18O3Si/c1-9(13)14-11-6-4-10(5-7-11)8-12(2,3)15-16/h4-7H,8H2,1-3,16H3. The Morgan fingerprint density at radius 3 is 2.31 bits per heavy atom. The van der Waals surface area contributed by atoms with E-state index in [0.717, 1.165) is 16.9 Å². The van der Waals surface area contributed by atoms with Crippen LogP contribution in [0.15, 0.2) is 24.3 Å². The number of carbonyl (C=O) groups excluding carboxylic acids is 1. The van der Waals surface area contributed by atoms with Gasteiger partial charge in [0.25, 0.3) is 0 Å². The number of benzene rings is 1. The van der Waals surface area contributed by atoms with Gasteiger partial charge in [0.1, 0.15) is 16.2 Å². The molecule has 3 nitrogen and oxygen atoms in total. The van der Waals surface area contributed by atoms with Crippen molar-refractivity contribution in [3.63, 3.8) is 0 Å². The first-order chi connectivity index (χ1) is 7.43. The molecule has 0 fully saturated rings. The maximum atomic E-state index is 10.7. The SMILES string of the molecule is CC(=O)Oc1ccc(CC(C)(C)O[SiH3])cc1. The van der Waals surface area contributed by atoms with Crippen molar-refractivity contribution in [1.82, 2.24) is 0 Å². The van der Waals surface area contributed by atoms with Gasteiger partial charge in [0, 0.05) is 6.92 Å². The molecule has 1 aromatic carbocycles. The minimum absolute atomic E-state index is 0.116. The van der Waals surface area contributed by atoms with E-state index in [2.05, 4.69) is 13.8 Å². The second-order valence-corrected chi connectivity index (χ2v) is 4.79. The number of hydrogen-bond donors (Lipinski definition) is 0. The summed E-state index contributed by atoms with van der Waals surface area (Å²) in [6.45, 7) is 5.53. The molecule has 0 aliphatic heterocycles. The molecular formula is C12H18O3Si. The van der Waals surface area contributed by atoms with Crippen LogP contribution in [0.25, 0.3) is 0 Å². The van der Waals surface area contributed by atoms with Gasteiger partial charge < -0.3 is 9.16 Å². The normalized spacial score (nSPS) is 11.4. The molecule has 0 aliphatic carbocycles. The number of esters is 1. The molecular weight excluding hydrogens is 220 g/mol. The molecule has 0 bridgehead atoms. The highest BCUT2D eigenvalue weighted by Crippen LogP contribution is 2.18. The van der Waals surface area contributed by atoms with Crippen molar-refractivity contribution in [2.75, 3.05) is 0 Å². The van der Waals surface area contributed by atoms with E-state index in [1.165, 1.54) is 12.5 Å². The van der Waals surface area contributed by atoms with Crippen LogP contribution in [0.2, 0.25) is 0 Å². The van der Waals surface area contributed by atoms with E-state index in [1.54, 1.807) is 12.1 Å². The second kappa shape index (κ2) is 5.27. The van der Waals surface area contributed by atoms with Gasteiger partial charge >= 0.3 is 5.97 Å². The Hall–Kier alpha value is -1.13. The summed E-state index contributed by atoms with van der Waals surface area (Å²) in [5, 5.41) is 0. The molecule has 16 heavy (non-hydrogen) atoms. The Morgan fingerprint density at radius 1 is 1.31 bits per heavy atom. The van der Waals surface area contributed by atoms with Gasteiger partial charge in [-0.15, -0.1) is 0 Å². The third kappa shape index (κ3) is 4.16. The highest BCUT2D eigenvalue weighted by molar-refractivity contribution is 5.98. The summed E-state index contributed by atoms with van der Waals surface area (Å²) in [6, 6.07) is 7.53. The topological polar surface area (TPSA) is 35.5 Å². The number of carbonyl (C=O) groups is 1. The lowest BCUT2D eigenvalue weighted by atomic mass is 9.99. The first-order valence-electron chi connectivity index (χ1n) is 5.25. The average molecular weight is 238 g/mol. The Morgan fingerprint density at radius 2 is 1.88 bits per heavy atom. The first-order valence-corrected chi connectivity index (χ1v) is 6.07. The van der Waals surface area contributed by atoms with Gasteiger partial charge in [0.2, 0.25) is 0 Å². The van der Waals surface area contributed by atoms with Crippen LogP contribution in [0.5, 0.6) is 5.75 Å². The molecule has 0 radical (unpaired) electrons. The molecule has 1 rings (SSSR count). The van der Waals surface area contributed by atoms with Crippen LogP contribution in [0.4, 0.5) is 0 Å². The Labute approximate surface area is 99.3 Å². The predicted molar refractivity (Wildman–Crippen MR) is 66.6 cm³/mol. The maximum absolute atomic E-state index is 10.7. The van der Waals surface area contributed by atoms with E-state index in [1.807, 2.05) is 12.1 Å². The number of ether oxygens (including phenoxy) is 1. The van der Waals surface area contributed by atoms with Gasteiger partial charge in [0.05, 0.1) is 5.60 Å². The van der Waals surface area contributed by atoms with Gasteiger partial charge in [-0.1, -0.05) is 12.1 Å². The zero-order valence-electron chi connectivity index (χ0n) is 10.2. The molecule has 88 valence electrons. The Kier molecular flexibility index (Phi) is 4.26. The highest BCUT2D eigenvalue weighted by Gasteiger charge is 2.16. The molecule has 0 spiro atoms. The summed E-state index contributed by atoms with van der Waals surface area (Å²) < 4.78 is 10.5. The van der Waals surface area contributed by atoms with E-state index in [0.29, 0.717) is 5.75 Å². The van der Waals surface area contributed by atoms with Crippen molar-refractivity contribution in [3.8, 4) is 5.75 Å². The molecule has 0 saturated heterocycles. The van der Waals surface area contributed by atoms with E-state index < -0.39 is 0 Å². The minimum Gasteiger partial charge on any atom is -0.427 e. The molecule has 0 aliphatic rings. The number of rotatable bonds is 4. The van der Waals surface area contributed by atoms with E-state index in [4.69, 9.17) is 9.16 Å². The van der Waals surface area contributed by atoms with Crippen molar-refractivity contribution < 1.29 is 14.0 Å². The second-order valence-electron chi connectivity index (χ2n) is 4.38. The zero-order valence-corrected chi connectivity index (χ0v) is 12.2. The quantitative estimate of drug-likeness (QED) is 0.450. The van der Waals surface area contributed by atoms with Crippen molar-refractivity contribution in [3.05, 3.63) is 29.8 Å². The molecule has 0 unspecified atom stereocenters. The fourth-order valence-electron chi connectivity index (χ4n) is 1.41. The smallest absolute Gasteiger partial charge is 0.308 e. The molecule has 0 atom stereocenters. The van der Waals surface area contributed by atoms with Crippen LogP contribution in [0.3, 0.4) is 0 Å². The maximum Gasteiger partial charge on any atom is 0.308 e. The summed E-state index contributed by atoms with van der Waals surface area (Å²) in [6.07, 6.45) is 0.858. The van der Waals surface area contributed by atoms with Gasteiger partial charge in [-0.3, -0.25) is 4.79 Å². The largest absolute Gasteiger partial charge is 0.427 e. The molecule has 0 N–H and O–H groups in total. The molecule has 1 aromatic rings. The van der Waals surface area contributed by atoms with E-state index in [9.17, 15) is 4.79 Å². The van der Waals surface area contributed by atoms with E-state index >= 15 is 0 Å². The molecule has 0 heterocycles.